The summed E-state index contributed by atoms with van der Waals surface area (Å²) in [5.74, 6) is -0.299. The van der Waals surface area contributed by atoms with E-state index in [1.165, 1.54) is 0 Å². The van der Waals surface area contributed by atoms with Crippen molar-refractivity contribution in [2.45, 2.75) is 44.6 Å². The number of hydrogen-bond donors (Lipinski definition) is 2. The molecule has 2 N–H and O–H groups in total. The van der Waals surface area contributed by atoms with E-state index in [1.54, 1.807) is 6.20 Å². The third-order valence-electron chi connectivity index (χ3n) is 4.38. The van der Waals surface area contributed by atoms with Crippen LogP contribution in [0.4, 0.5) is 11.6 Å². The van der Waals surface area contributed by atoms with E-state index in [-0.39, 0.29) is 6.42 Å². The third-order valence-corrected chi connectivity index (χ3v) is 4.70. The lowest BCUT2D eigenvalue weighted by Crippen LogP contribution is -2.08. The van der Waals surface area contributed by atoms with Gasteiger partial charge >= 0.3 is 5.97 Å². The molecular formula is C19H22ClN3O3. The molecule has 1 saturated heterocycles. The lowest BCUT2D eigenvalue weighted by atomic mass is 10.1. The Bertz CT molecular complexity index is 746. The first kappa shape index (κ1) is 18.6. The molecule has 1 aliphatic rings. The number of carboxylic acids is 1. The van der Waals surface area contributed by atoms with Gasteiger partial charge in [0.05, 0.1) is 23.0 Å². The van der Waals surface area contributed by atoms with Gasteiger partial charge in [0.1, 0.15) is 0 Å². The van der Waals surface area contributed by atoms with Gasteiger partial charge in [0.15, 0.2) is 0 Å². The largest absolute Gasteiger partial charge is 0.481 e. The van der Waals surface area contributed by atoms with Gasteiger partial charge in [-0.1, -0.05) is 23.7 Å². The molecule has 0 bridgehead atoms. The maximum absolute atomic E-state index is 10.6. The van der Waals surface area contributed by atoms with Crippen molar-refractivity contribution in [2.75, 3.05) is 11.9 Å². The minimum Gasteiger partial charge on any atom is -0.481 e. The van der Waals surface area contributed by atoms with Gasteiger partial charge in [-0.15, -0.1) is 0 Å². The summed E-state index contributed by atoms with van der Waals surface area (Å²) in [6.07, 6.45) is 6.45. The summed E-state index contributed by atoms with van der Waals surface area (Å²) in [4.78, 5) is 19.4. The maximum atomic E-state index is 10.6. The average molecular weight is 376 g/mol. The van der Waals surface area contributed by atoms with E-state index in [4.69, 9.17) is 21.4 Å². The first-order valence-electron chi connectivity index (χ1n) is 8.81. The van der Waals surface area contributed by atoms with Gasteiger partial charge in [0, 0.05) is 18.7 Å². The van der Waals surface area contributed by atoms with Crippen molar-refractivity contribution >= 4 is 29.2 Å². The summed E-state index contributed by atoms with van der Waals surface area (Å²) in [6.45, 7) is 0.845. The smallest absolute Gasteiger partial charge is 0.303 e. The molecule has 138 valence electrons. The molecular weight excluding hydrogens is 354 g/mol. The van der Waals surface area contributed by atoms with E-state index in [0.717, 1.165) is 49.2 Å². The number of hydrogen-bond acceptors (Lipinski definition) is 5. The Labute approximate surface area is 157 Å². The molecule has 6 nitrogen and oxygen atoms in total. The molecule has 1 aromatic heterocycles. The zero-order chi connectivity index (χ0) is 18.4. The first-order chi connectivity index (χ1) is 12.6. The number of rotatable bonds is 8. The van der Waals surface area contributed by atoms with Gasteiger partial charge in [-0.25, -0.2) is 9.97 Å². The number of ether oxygens (including phenoxy) is 1. The molecule has 2 heterocycles. The molecule has 0 amide bonds. The third kappa shape index (κ3) is 5.41. The molecule has 0 aliphatic carbocycles. The number of aliphatic carboxylic acids is 1. The predicted molar refractivity (Wildman–Crippen MR) is 100 cm³/mol. The molecule has 7 heteroatoms. The summed E-state index contributed by atoms with van der Waals surface area (Å²) in [5.41, 5.74) is 2.64. The van der Waals surface area contributed by atoms with Gasteiger partial charge < -0.3 is 15.2 Å². The number of anilines is 2. The summed E-state index contributed by atoms with van der Waals surface area (Å²) in [6, 6.07) is 7.58. The number of aryl methyl sites for hydroxylation is 2. The van der Waals surface area contributed by atoms with Crippen molar-refractivity contribution in [3.8, 4) is 0 Å². The summed E-state index contributed by atoms with van der Waals surface area (Å²) >= 11 is 6.22. The first-order valence-corrected chi connectivity index (χ1v) is 9.19. The highest BCUT2D eigenvalue weighted by Crippen LogP contribution is 2.22. The fourth-order valence-electron chi connectivity index (χ4n) is 2.94. The summed E-state index contributed by atoms with van der Waals surface area (Å²) < 4.78 is 5.65. The van der Waals surface area contributed by atoms with E-state index < -0.39 is 5.97 Å². The van der Waals surface area contributed by atoms with Crippen molar-refractivity contribution in [3.63, 3.8) is 0 Å². The lowest BCUT2D eigenvalue weighted by molar-refractivity contribution is -0.136. The molecule has 0 spiro atoms. The predicted octanol–water partition coefficient (Wildman–Crippen LogP) is 4.00. The Kier molecular flexibility index (Phi) is 6.41. The molecule has 3 rings (SSSR count). The van der Waals surface area contributed by atoms with Crippen LogP contribution in [0.25, 0.3) is 0 Å². The second kappa shape index (κ2) is 8.96. The fraction of sp³-hybridized carbons (Fsp3) is 0.421. The minimum absolute atomic E-state index is 0.126. The van der Waals surface area contributed by atoms with Crippen molar-refractivity contribution in [1.29, 1.82) is 0 Å². The zero-order valence-corrected chi connectivity index (χ0v) is 15.2. The van der Waals surface area contributed by atoms with Crippen LogP contribution in [0.5, 0.6) is 0 Å². The molecule has 26 heavy (non-hydrogen) atoms. The quantitative estimate of drug-likeness (QED) is 0.725. The van der Waals surface area contributed by atoms with E-state index in [2.05, 4.69) is 15.3 Å². The highest BCUT2D eigenvalue weighted by molar-refractivity contribution is 6.31. The van der Waals surface area contributed by atoms with Crippen molar-refractivity contribution < 1.29 is 14.6 Å². The Morgan fingerprint density at radius 2 is 2.12 bits per heavy atom. The molecule has 1 atom stereocenters. The topological polar surface area (TPSA) is 84.3 Å². The van der Waals surface area contributed by atoms with E-state index in [1.807, 2.05) is 24.3 Å². The van der Waals surface area contributed by atoms with E-state index in [9.17, 15) is 4.79 Å². The maximum Gasteiger partial charge on any atom is 0.303 e. The number of benzene rings is 1. The van der Waals surface area contributed by atoms with Gasteiger partial charge in [0.2, 0.25) is 5.95 Å². The van der Waals surface area contributed by atoms with Crippen LogP contribution in [0.2, 0.25) is 5.02 Å². The number of halogens is 1. The second-order valence-electron chi connectivity index (χ2n) is 6.38. The average Bonchev–Trinajstić information content (AvgIpc) is 3.15. The Balaban J connectivity index is 1.60. The van der Waals surface area contributed by atoms with Gasteiger partial charge in [0.25, 0.3) is 0 Å². The second-order valence-corrected chi connectivity index (χ2v) is 6.78. The van der Waals surface area contributed by atoms with Crippen LogP contribution in [0.15, 0.2) is 30.5 Å². The van der Waals surface area contributed by atoms with Crippen LogP contribution >= 0.6 is 11.6 Å². The van der Waals surface area contributed by atoms with Crippen LogP contribution in [0, 0.1) is 0 Å². The normalized spacial score (nSPS) is 16.6. The van der Waals surface area contributed by atoms with Gasteiger partial charge in [-0.05, 0) is 49.8 Å². The van der Waals surface area contributed by atoms with Gasteiger partial charge in [-0.3, -0.25) is 4.79 Å². The SMILES string of the molecule is O=C(O)CCc1ccc(Nc2ncc(Cl)c(CCC3CCCO3)n2)cc1. The van der Waals surface area contributed by atoms with Crippen molar-refractivity contribution in [3.05, 3.63) is 46.7 Å². The highest BCUT2D eigenvalue weighted by Gasteiger charge is 2.16. The van der Waals surface area contributed by atoms with Crippen LogP contribution < -0.4 is 5.32 Å². The Morgan fingerprint density at radius 3 is 2.81 bits per heavy atom. The van der Waals surface area contributed by atoms with E-state index >= 15 is 0 Å². The molecule has 0 saturated carbocycles. The van der Waals surface area contributed by atoms with E-state index in [0.29, 0.717) is 23.5 Å². The number of carboxylic acid groups (broad SMARTS) is 1. The Hall–Kier alpha value is -2.18. The minimum atomic E-state index is -0.794. The van der Waals surface area contributed by atoms with Crippen molar-refractivity contribution in [2.24, 2.45) is 0 Å². The van der Waals surface area contributed by atoms with Crippen LogP contribution in [-0.4, -0.2) is 33.8 Å². The van der Waals surface area contributed by atoms with Crippen LogP contribution in [0.1, 0.15) is 36.9 Å². The fourth-order valence-corrected chi connectivity index (χ4v) is 3.13. The lowest BCUT2D eigenvalue weighted by Gasteiger charge is -2.11. The summed E-state index contributed by atoms with van der Waals surface area (Å²) in [7, 11) is 0. The van der Waals surface area contributed by atoms with Crippen molar-refractivity contribution in [1.82, 2.24) is 9.97 Å². The highest BCUT2D eigenvalue weighted by atomic mass is 35.5. The van der Waals surface area contributed by atoms with Gasteiger partial charge in [-0.2, -0.15) is 0 Å². The van der Waals surface area contributed by atoms with Crippen LogP contribution in [0.3, 0.4) is 0 Å². The number of nitrogens with one attached hydrogen (secondary N) is 1. The van der Waals surface area contributed by atoms with Crippen LogP contribution in [-0.2, 0) is 22.4 Å². The zero-order valence-electron chi connectivity index (χ0n) is 14.4. The molecule has 0 radical (unpaired) electrons. The summed E-state index contributed by atoms with van der Waals surface area (Å²) in [5, 5.41) is 12.5. The molecule has 1 aromatic carbocycles. The molecule has 1 unspecified atom stereocenters. The number of carbonyl (C=O) groups is 1. The number of aromatic nitrogens is 2. The molecule has 1 fully saturated rings. The Morgan fingerprint density at radius 1 is 1.31 bits per heavy atom. The standard InChI is InChI=1S/C19H22ClN3O3/c20-16-12-21-19(23-17(16)9-8-15-2-1-11-26-15)22-14-6-3-13(4-7-14)5-10-18(24)25/h3-4,6-7,12,15H,1-2,5,8-11H2,(H,24,25)(H,21,22,23). The molecule has 1 aliphatic heterocycles. The molecule has 2 aromatic rings. The number of nitrogens with zero attached hydrogens (tertiary/aromatic N) is 2. The monoisotopic (exact) mass is 375 g/mol.